The van der Waals surface area contributed by atoms with Crippen molar-refractivity contribution in [2.45, 2.75) is 26.8 Å². The summed E-state index contributed by atoms with van der Waals surface area (Å²) >= 11 is 1.58. The number of carbonyl (C=O) groups excluding carboxylic acids is 1. The Hall–Kier alpha value is -1.88. The number of aromatic nitrogens is 1. The zero-order valence-corrected chi connectivity index (χ0v) is 12.9. The van der Waals surface area contributed by atoms with Gasteiger partial charge in [0, 0.05) is 10.9 Å². The number of hydrogen-bond donors (Lipinski definition) is 1. The average molecular weight is 290 g/mol. The summed E-state index contributed by atoms with van der Waals surface area (Å²) in [6.07, 6.45) is 0. The number of ether oxygens (including phenoxy) is 1. The molecule has 0 aliphatic carbocycles. The van der Waals surface area contributed by atoms with Gasteiger partial charge in [0.05, 0.1) is 23.9 Å². The molecule has 0 aliphatic rings. The van der Waals surface area contributed by atoms with E-state index < -0.39 is 0 Å². The second-order valence-corrected chi connectivity index (χ2v) is 5.73. The maximum absolute atomic E-state index is 12.2. The zero-order valence-electron chi connectivity index (χ0n) is 12.1. The molecule has 20 heavy (non-hydrogen) atoms. The van der Waals surface area contributed by atoms with Crippen LogP contribution in [0.2, 0.25) is 0 Å². The van der Waals surface area contributed by atoms with Gasteiger partial charge in [-0.05, 0) is 38.5 Å². The van der Waals surface area contributed by atoms with Crippen LogP contribution >= 0.6 is 11.3 Å². The maximum atomic E-state index is 12.2. The topological polar surface area (TPSA) is 51.2 Å². The summed E-state index contributed by atoms with van der Waals surface area (Å²) < 4.78 is 5.24. The number of nitrogens with zero attached hydrogens (tertiary/aromatic N) is 1. The molecule has 1 amide bonds. The van der Waals surface area contributed by atoms with Crippen molar-refractivity contribution in [2.75, 3.05) is 7.11 Å². The van der Waals surface area contributed by atoms with Gasteiger partial charge in [-0.2, -0.15) is 0 Å². The van der Waals surface area contributed by atoms with Crippen molar-refractivity contribution in [3.8, 4) is 5.75 Å². The molecule has 0 spiro atoms. The lowest BCUT2D eigenvalue weighted by Crippen LogP contribution is -2.26. The van der Waals surface area contributed by atoms with Crippen molar-refractivity contribution < 1.29 is 9.53 Å². The lowest BCUT2D eigenvalue weighted by Gasteiger charge is -2.13. The predicted octanol–water partition coefficient (Wildman–Crippen LogP) is 3.26. The van der Waals surface area contributed by atoms with Crippen LogP contribution in [0.5, 0.6) is 5.75 Å². The number of benzene rings is 1. The highest BCUT2D eigenvalue weighted by Crippen LogP contribution is 2.20. The van der Waals surface area contributed by atoms with E-state index in [2.05, 4.69) is 10.3 Å². The highest BCUT2D eigenvalue weighted by Gasteiger charge is 2.14. The molecule has 106 valence electrons. The summed E-state index contributed by atoms with van der Waals surface area (Å²) in [6, 6.07) is 5.32. The minimum Gasteiger partial charge on any atom is -0.496 e. The van der Waals surface area contributed by atoms with Crippen LogP contribution in [-0.2, 0) is 0 Å². The third kappa shape index (κ3) is 3.17. The van der Waals surface area contributed by atoms with Gasteiger partial charge < -0.3 is 10.1 Å². The molecule has 1 heterocycles. The molecule has 0 aliphatic heterocycles. The molecule has 1 N–H and O–H groups in total. The monoisotopic (exact) mass is 290 g/mol. The molecule has 1 unspecified atom stereocenters. The Morgan fingerprint density at radius 3 is 2.75 bits per heavy atom. The smallest absolute Gasteiger partial charge is 0.251 e. The van der Waals surface area contributed by atoms with Crippen LogP contribution in [0.3, 0.4) is 0 Å². The SMILES string of the molecule is COc1cc(C(=O)NC(C)c2csc(C)n2)ccc1C. The van der Waals surface area contributed by atoms with Crippen LogP contribution in [0.1, 0.15) is 39.6 Å². The predicted molar refractivity (Wildman–Crippen MR) is 80.5 cm³/mol. The molecule has 0 fully saturated rings. The second kappa shape index (κ2) is 6.05. The Morgan fingerprint density at radius 2 is 2.15 bits per heavy atom. The fourth-order valence-electron chi connectivity index (χ4n) is 1.89. The van der Waals surface area contributed by atoms with Crippen LogP contribution in [0, 0.1) is 13.8 Å². The lowest BCUT2D eigenvalue weighted by atomic mass is 10.1. The van der Waals surface area contributed by atoms with Crippen molar-refractivity contribution in [3.63, 3.8) is 0 Å². The van der Waals surface area contributed by atoms with Crippen molar-refractivity contribution in [3.05, 3.63) is 45.4 Å². The molecule has 1 aromatic heterocycles. The molecular formula is C15H18N2O2S. The summed E-state index contributed by atoms with van der Waals surface area (Å²) in [6.45, 7) is 5.83. The fraction of sp³-hybridized carbons (Fsp3) is 0.333. The van der Waals surface area contributed by atoms with Gasteiger partial charge in [-0.25, -0.2) is 4.98 Å². The van der Waals surface area contributed by atoms with E-state index in [9.17, 15) is 4.79 Å². The molecule has 1 atom stereocenters. The van der Waals surface area contributed by atoms with E-state index in [0.717, 1.165) is 22.0 Å². The van der Waals surface area contributed by atoms with Crippen LogP contribution in [0.15, 0.2) is 23.6 Å². The number of carbonyl (C=O) groups is 1. The first-order valence-corrected chi connectivity index (χ1v) is 7.26. The number of aryl methyl sites for hydroxylation is 2. The lowest BCUT2D eigenvalue weighted by molar-refractivity contribution is 0.0939. The second-order valence-electron chi connectivity index (χ2n) is 4.67. The minimum absolute atomic E-state index is 0.111. The normalized spacial score (nSPS) is 12.0. The van der Waals surface area contributed by atoms with E-state index in [-0.39, 0.29) is 11.9 Å². The van der Waals surface area contributed by atoms with Gasteiger partial charge in [-0.3, -0.25) is 4.79 Å². The van der Waals surface area contributed by atoms with E-state index in [0.29, 0.717) is 5.56 Å². The molecule has 0 saturated carbocycles. The quantitative estimate of drug-likeness (QED) is 0.940. The molecule has 5 heteroatoms. The van der Waals surface area contributed by atoms with Gasteiger partial charge >= 0.3 is 0 Å². The van der Waals surface area contributed by atoms with E-state index >= 15 is 0 Å². The summed E-state index contributed by atoms with van der Waals surface area (Å²) in [4.78, 5) is 16.6. The molecule has 0 radical (unpaired) electrons. The summed E-state index contributed by atoms with van der Waals surface area (Å²) in [5.41, 5.74) is 2.48. The van der Waals surface area contributed by atoms with Crippen LogP contribution < -0.4 is 10.1 Å². The van der Waals surface area contributed by atoms with Crippen LogP contribution in [-0.4, -0.2) is 18.0 Å². The first kappa shape index (κ1) is 14.5. The Morgan fingerprint density at radius 1 is 1.40 bits per heavy atom. The minimum atomic E-state index is -0.124. The number of thiazole rings is 1. The van der Waals surface area contributed by atoms with E-state index in [1.807, 2.05) is 32.2 Å². The van der Waals surface area contributed by atoms with Gasteiger partial charge in [-0.1, -0.05) is 6.07 Å². The third-order valence-corrected chi connectivity index (χ3v) is 3.89. The highest BCUT2D eigenvalue weighted by atomic mass is 32.1. The highest BCUT2D eigenvalue weighted by molar-refractivity contribution is 7.09. The van der Waals surface area contributed by atoms with Gasteiger partial charge in [0.1, 0.15) is 5.75 Å². The number of rotatable bonds is 4. The largest absolute Gasteiger partial charge is 0.496 e. The maximum Gasteiger partial charge on any atom is 0.251 e. The summed E-state index contributed by atoms with van der Waals surface area (Å²) in [7, 11) is 1.60. The average Bonchev–Trinajstić information content (AvgIpc) is 2.86. The van der Waals surface area contributed by atoms with Gasteiger partial charge in [0.15, 0.2) is 0 Å². The van der Waals surface area contributed by atoms with E-state index in [1.54, 1.807) is 30.6 Å². The fourth-order valence-corrected chi connectivity index (χ4v) is 2.60. The molecule has 2 rings (SSSR count). The van der Waals surface area contributed by atoms with Crippen molar-refractivity contribution >= 4 is 17.2 Å². The number of hydrogen-bond acceptors (Lipinski definition) is 4. The third-order valence-electron chi connectivity index (χ3n) is 3.10. The first-order valence-electron chi connectivity index (χ1n) is 6.38. The van der Waals surface area contributed by atoms with Crippen molar-refractivity contribution in [1.82, 2.24) is 10.3 Å². The summed E-state index contributed by atoms with van der Waals surface area (Å²) in [5, 5.41) is 5.91. The van der Waals surface area contributed by atoms with E-state index in [4.69, 9.17) is 4.74 Å². The molecule has 1 aromatic carbocycles. The van der Waals surface area contributed by atoms with Crippen LogP contribution in [0.25, 0.3) is 0 Å². The molecule has 4 nitrogen and oxygen atoms in total. The van der Waals surface area contributed by atoms with Crippen LogP contribution in [0.4, 0.5) is 0 Å². The molecule has 0 bridgehead atoms. The standard InChI is InChI=1S/C15H18N2O2S/c1-9-5-6-12(7-14(9)19-4)15(18)16-10(2)13-8-20-11(3)17-13/h5-8,10H,1-4H3,(H,16,18). The van der Waals surface area contributed by atoms with Gasteiger partial charge in [0.25, 0.3) is 5.91 Å². The Kier molecular flexibility index (Phi) is 4.39. The van der Waals surface area contributed by atoms with E-state index in [1.165, 1.54) is 0 Å². The Labute approximate surface area is 122 Å². The number of nitrogens with one attached hydrogen (secondary N) is 1. The summed E-state index contributed by atoms with van der Waals surface area (Å²) in [5.74, 6) is 0.594. The van der Waals surface area contributed by atoms with Gasteiger partial charge in [-0.15, -0.1) is 11.3 Å². The molecule has 2 aromatic rings. The van der Waals surface area contributed by atoms with Crippen molar-refractivity contribution in [1.29, 1.82) is 0 Å². The Bertz CT molecular complexity index is 622. The molecular weight excluding hydrogens is 272 g/mol. The van der Waals surface area contributed by atoms with Crippen molar-refractivity contribution in [2.24, 2.45) is 0 Å². The number of methoxy groups -OCH3 is 1. The number of amides is 1. The zero-order chi connectivity index (χ0) is 14.7. The Balaban J connectivity index is 2.12. The first-order chi connectivity index (χ1) is 9.51. The molecule has 0 saturated heterocycles. The van der Waals surface area contributed by atoms with Gasteiger partial charge in [0.2, 0.25) is 0 Å².